The van der Waals surface area contributed by atoms with Gasteiger partial charge < -0.3 is 0 Å². The van der Waals surface area contributed by atoms with E-state index >= 15 is 0 Å². The number of hydrogen-bond donors (Lipinski definition) is 0. The summed E-state index contributed by atoms with van der Waals surface area (Å²) in [6.07, 6.45) is 1.23. The Morgan fingerprint density at radius 2 is 1.94 bits per heavy atom. The summed E-state index contributed by atoms with van der Waals surface area (Å²) in [5.74, 6) is 1.43. The first-order chi connectivity index (χ1) is 7.75. The third kappa shape index (κ3) is 1.36. The molecule has 0 aromatic heterocycles. The minimum Gasteiger partial charge on any atom is -0.126 e. The van der Waals surface area contributed by atoms with Crippen LogP contribution in [0.1, 0.15) is 18.9 Å². The highest BCUT2D eigenvalue weighted by Gasteiger charge is 2.50. The van der Waals surface area contributed by atoms with E-state index in [2.05, 4.69) is 49.4 Å². The fourth-order valence-electron chi connectivity index (χ4n) is 2.73. The van der Waals surface area contributed by atoms with Crippen LogP contribution < -0.4 is 0 Å². The lowest BCUT2D eigenvalue weighted by molar-refractivity contribution is 0.712. The van der Waals surface area contributed by atoms with Gasteiger partial charge in [-0.1, -0.05) is 49.4 Å². The molecule has 0 N–H and O–H groups in total. The van der Waals surface area contributed by atoms with E-state index in [9.17, 15) is 0 Å². The van der Waals surface area contributed by atoms with Crippen LogP contribution in [-0.2, 0) is 5.41 Å². The van der Waals surface area contributed by atoms with Crippen molar-refractivity contribution in [1.82, 2.24) is 0 Å². The van der Waals surface area contributed by atoms with E-state index in [1.807, 2.05) is 0 Å². The molecule has 0 bridgehead atoms. The number of rotatable bonds is 2. The van der Waals surface area contributed by atoms with Crippen molar-refractivity contribution < 1.29 is 0 Å². The molecule has 82 valence electrons. The summed E-state index contributed by atoms with van der Waals surface area (Å²) in [5.41, 5.74) is 1.78. The Hall–Kier alpha value is -1.01. The van der Waals surface area contributed by atoms with Crippen molar-refractivity contribution in [2.24, 2.45) is 5.92 Å². The van der Waals surface area contributed by atoms with Gasteiger partial charge in [0.2, 0.25) is 0 Å². The van der Waals surface area contributed by atoms with Crippen molar-refractivity contribution in [3.05, 3.63) is 48.0 Å². The molecule has 16 heavy (non-hydrogen) atoms. The number of alkyl halides is 1. The standard InChI is InChI=1S/C15H15Cl/c1-15(9-12(15)10-16)14-8-4-6-11-5-2-3-7-13(11)14/h2-8,12H,9-10H2,1H3. The summed E-state index contributed by atoms with van der Waals surface area (Å²) < 4.78 is 0. The van der Waals surface area contributed by atoms with Gasteiger partial charge in [-0.2, -0.15) is 0 Å². The zero-order chi connectivity index (χ0) is 11.2. The van der Waals surface area contributed by atoms with E-state index in [-0.39, 0.29) is 0 Å². The molecule has 1 heteroatoms. The van der Waals surface area contributed by atoms with Crippen molar-refractivity contribution in [3.63, 3.8) is 0 Å². The molecule has 0 amide bonds. The lowest BCUT2D eigenvalue weighted by atomic mass is 9.91. The topological polar surface area (TPSA) is 0 Å². The summed E-state index contributed by atoms with van der Waals surface area (Å²) >= 11 is 5.98. The van der Waals surface area contributed by atoms with Crippen molar-refractivity contribution in [2.75, 3.05) is 5.88 Å². The molecule has 0 saturated heterocycles. The fraction of sp³-hybridized carbons (Fsp3) is 0.333. The number of benzene rings is 2. The van der Waals surface area contributed by atoms with Gasteiger partial charge in [0.05, 0.1) is 0 Å². The Kier molecular flexibility index (Phi) is 2.22. The molecule has 1 aliphatic carbocycles. The number of hydrogen-bond acceptors (Lipinski definition) is 0. The smallest absolute Gasteiger partial charge is 0.0260 e. The van der Waals surface area contributed by atoms with Crippen molar-refractivity contribution in [2.45, 2.75) is 18.8 Å². The van der Waals surface area contributed by atoms with Gasteiger partial charge in [-0.3, -0.25) is 0 Å². The number of halogens is 1. The highest BCUT2D eigenvalue weighted by atomic mass is 35.5. The van der Waals surface area contributed by atoms with Crippen LogP contribution in [-0.4, -0.2) is 5.88 Å². The summed E-state index contributed by atoms with van der Waals surface area (Å²) in [6, 6.07) is 15.2. The molecule has 2 unspecified atom stereocenters. The summed E-state index contributed by atoms with van der Waals surface area (Å²) in [6.45, 7) is 2.34. The van der Waals surface area contributed by atoms with Crippen molar-refractivity contribution in [1.29, 1.82) is 0 Å². The first-order valence-corrected chi connectivity index (χ1v) is 6.33. The van der Waals surface area contributed by atoms with E-state index in [0.717, 1.165) is 5.88 Å². The van der Waals surface area contributed by atoms with E-state index in [1.165, 1.54) is 22.8 Å². The van der Waals surface area contributed by atoms with Crippen LogP contribution in [0.2, 0.25) is 0 Å². The van der Waals surface area contributed by atoms with E-state index < -0.39 is 0 Å². The van der Waals surface area contributed by atoms with Crippen LogP contribution in [0, 0.1) is 5.92 Å². The second kappa shape index (κ2) is 3.49. The quantitative estimate of drug-likeness (QED) is 0.673. The molecule has 1 saturated carbocycles. The highest BCUT2D eigenvalue weighted by molar-refractivity contribution is 6.18. The zero-order valence-electron chi connectivity index (χ0n) is 9.41. The average molecular weight is 231 g/mol. The van der Waals surface area contributed by atoms with E-state index in [1.54, 1.807) is 0 Å². The lowest BCUT2D eigenvalue weighted by Gasteiger charge is -2.14. The average Bonchev–Trinajstić information content (AvgIpc) is 3.01. The second-order valence-corrected chi connectivity index (χ2v) is 5.31. The predicted octanol–water partition coefficient (Wildman–Crippen LogP) is 4.36. The molecule has 0 radical (unpaired) electrons. The lowest BCUT2D eigenvalue weighted by Crippen LogP contribution is -2.05. The molecule has 0 spiro atoms. The first kappa shape index (κ1) is 10.2. The highest BCUT2D eigenvalue weighted by Crippen LogP contribution is 2.55. The largest absolute Gasteiger partial charge is 0.126 e. The maximum Gasteiger partial charge on any atom is 0.0260 e. The number of fused-ring (bicyclic) bond motifs is 1. The zero-order valence-corrected chi connectivity index (χ0v) is 10.2. The van der Waals surface area contributed by atoms with Crippen LogP contribution in [0.5, 0.6) is 0 Å². The molecule has 3 rings (SSSR count). The molecule has 1 aliphatic rings. The van der Waals surface area contributed by atoms with Crippen molar-refractivity contribution >= 4 is 22.4 Å². The van der Waals surface area contributed by atoms with E-state index in [4.69, 9.17) is 11.6 Å². The van der Waals surface area contributed by atoms with Crippen LogP contribution in [0.4, 0.5) is 0 Å². The normalized spacial score (nSPS) is 28.2. The molecule has 0 aliphatic heterocycles. The molecule has 0 heterocycles. The van der Waals surface area contributed by atoms with Gasteiger partial charge in [0.1, 0.15) is 0 Å². The van der Waals surface area contributed by atoms with E-state index in [0.29, 0.717) is 11.3 Å². The summed E-state index contributed by atoms with van der Waals surface area (Å²) in [7, 11) is 0. The predicted molar refractivity (Wildman–Crippen MR) is 70.1 cm³/mol. The molecule has 1 fully saturated rings. The molecule has 2 aromatic carbocycles. The Morgan fingerprint density at radius 1 is 1.19 bits per heavy atom. The third-order valence-corrected chi connectivity index (χ3v) is 4.38. The molecule has 2 aromatic rings. The Balaban J connectivity index is 2.18. The minimum absolute atomic E-state index is 0.308. The Bertz CT molecular complexity index is 526. The Morgan fingerprint density at radius 3 is 2.69 bits per heavy atom. The van der Waals surface area contributed by atoms with Gasteiger partial charge >= 0.3 is 0 Å². The molecule has 0 nitrogen and oxygen atoms in total. The van der Waals surface area contributed by atoms with Gasteiger partial charge in [0, 0.05) is 5.88 Å². The SMILES string of the molecule is CC1(c2cccc3ccccc23)CC1CCl. The maximum absolute atomic E-state index is 5.98. The van der Waals surface area contributed by atoms with Gasteiger partial charge in [0.25, 0.3) is 0 Å². The van der Waals surface area contributed by atoms with Gasteiger partial charge in [-0.05, 0) is 34.1 Å². The van der Waals surface area contributed by atoms with Crippen molar-refractivity contribution in [3.8, 4) is 0 Å². The van der Waals surface area contributed by atoms with Crippen LogP contribution >= 0.6 is 11.6 Å². The maximum atomic E-state index is 5.98. The van der Waals surface area contributed by atoms with Gasteiger partial charge in [-0.15, -0.1) is 11.6 Å². The summed E-state index contributed by atoms with van der Waals surface area (Å²) in [5, 5.41) is 2.72. The molecule has 2 atom stereocenters. The molecular formula is C15H15Cl. The van der Waals surface area contributed by atoms with Gasteiger partial charge in [-0.25, -0.2) is 0 Å². The van der Waals surface area contributed by atoms with Crippen LogP contribution in [0.3, 0.4) is 0 Å². The monoisotopic (exact) mass is 230 g/mol. The van der Waals surface area contributed by atoms with Gasteiger partial charge in [0.15, 0.2) is 0 Å². The Labute approximate surface area is 101 Å². The molecular weight excluding hydrogens is 216 g/mol. The fourth-order valence-corrected chi connectivity index (χ4v) is 3.18. The van der Waals surface area contributed by atoms with Crippen LogP contribution in [0.15, 0.2) is 42.5 Å². The third-order valence-electron chi connectivity index (χ3n) is 4.00. The van der Waals surface area contributed by atoms with Crippen LogP contribution in [0.25, 0.3) is 10.8 Å². The first-order valence-electron chi connectivity index (χ1n) is 5.80. The minimum atomic E-state index is 0.308. The summed E-state index contributed by atoms with van der Waals surface area (Å²) in [4.78, 5) is 0. The second-order valence-electron chi connectivity index (χ2n) is 5.00.